The van der Waals surface area contributed by atoms with Crippen molar-refractivity contribution in [1.82, 2.24) is 4.72 Å². The van der Waals surface area contributed by atoms with E-state index in [1.165, 1.54) is 23.5 Å². The van der Waals surface area contributed by atoms with Gasteiger partial charge in [0.25, 0.3) is 5.91 Å². The molecule has 1 aliphatic carbocycles. The smallest absolute Gasteiger partial charge is 0.267 e. The van der Waals surface area contributed by atoms with E-state index in [1.807, 2.05) is 24.3 Å². The van der Waals surface area contributed by atoms with Gasteiger partial charge in [0.05, 0.1) is 9.92 Å². The van der Waals surface area contributed by atoms with Crippen molar-refractivity contribution in [1.29, 1.82) is 0 Å². The summed E-state index contributed by atoms with van der Waals surface area (Å²) in [5.74, 6) is 0.146. The summed E-state index contributed by atoms with van der Waals surface area (Å²) in [5, 5.41) is 4.04. The number of anilines is 1. The molecule has 1 aromatic heterocycles. The number of carbonyl (C=O) groups is 1. The fourth-order valence-corrected chi connectivity index (χ4v) is 5.23. The largest absolute Gasteiger partial charge is 0.321 e. The fraction of sp³-hybridized carbons (Fsp3) is 0.211. The second-order valence-electron chi connectivity index (χ2n) is 6.52. The molecular formula is C19H17ClN2O3S2. The lowest BCUT2D eigenvalue weighted by molar-refractivity contribution is 0.103. The number of hydrogen-bond acceptors (Lipinski definition) is 4. The SMILES string of the molecule is O=C(Nc1ccc(S(=O)(=O)NCC2CC2)cc1)c1sc2ccccc2c1Cl. The molecule has 4 rings (SSSR count). The van der Waals surface area contributed by atoms with Gasteiger partial charge >= 0.3 is 0 Å². The lowest BCUT2D eigenvalue weighted by Gasteiger charge is -2.08. The van der Waals surface area contributed by atoms with Crippen molar-refractivity contribution < 1.29 is 13.2 Å². The third-order valence-corrected chi connectivity index (χ3v) is 7.54. The Morgan fingerprint density at radius 1 is 1.11 bits per heavy atom. The Labute approximate surface area is 166 Å². The van der Waals surface area contributed by atoms with Gasteiger partial charge in [0.2, 0.25) is 10.0 Å². The zero-order valence-electron chi connectivity index (χ0n) is 14.2. The molecule has 5 nitrogen and oxygen atoms in total. The highest BCUT2D eigenvalue weighted by atomic mass is 35.5. The van der Waals surface area contributed by atoms with Gasteiger partial charge in [-0.3, -0.25) is 4.79 Å². The summed E-state index contributed by atoms with van der Waals surface area (Å²) < 4.78 is 28.1. The van der Waals surface area contributed by atoms with E-state index in [4.69, 9.17) is 11.6 Å². The quantitative estimate of drug-likeness (QED) is 0.616. The van der Waals surface area contributed by atoms with Crippen LogP contribution in [0.25, 0.3) is 10.1 Å². The highest BCUT2D eigenvalue weighted by molar-refractivity contribution is 7.89. The van der Waals surface area contributed by atoms with Crippen LogP contribution in [0.3, 0.4) is 0 Å². The molecule has 0 radical (unpaired) electrons. The second kappa shape index (κ2) is 7.24. The maximum Gasteiger partial charge on any atom is 0.267 e. The lowest BCUT2D eigenvalue weighted by atomic mass is 10.2. The number of nitrogens with one attached hydrogen (secondary N) is 2. The molecule has 1 saturated carbocycles. The molecule has 2 N–H and O–H groups in total. The minimum Gasteiger partial charge on any atom is -0.321 e. The number of thiophene rings is 1. The number of fused-ring (bicyclic) bond motifs is 1. The molecule has 0 aliphatic heterocycles. The summed E-state index contributed by atoms with van der Waals surface area (Å²) in [6.07, 6.45) is 2.15. The molecule has 140 valence electrons. The van der Waals surface area contributed by atoms with Gasteiger partial charge in [-0.05, 0) is 49.1 Å². The van der Waals surface area contributed by atoms with Crippen LogP contribution in [0, 0.1) is 5.92 Å². The number of amides is 1. The Morgan fingerprint density at radius 3 is 2.48 bits per heavy atom. The Kier molecular flexibility index (Phi) is 4.94. The molecule has 0 saturated heterocycles. The molecule has 1 amide bonds. The van der Waals surface area contributed by atoms with Crippen molar-refractivity contribution in [3.63, 3.8) is 0 Å². The van der Waals surface area contributed by atoms with E-state index in [9.17, 15) is 13.2 Å². The molecule has 0 spiro atoms. The van der Waals surface area contributed by atoms with Gasteiger partial charge in [-0.25, -0.2) is 13.1 Å². The van der Waals surface area contributed by atoms with Gasteiger partial charge in [-0.15, -0.1) is 11.3 Å². The van der Waals surface area contributed by atoms with E-state index >= 15 is 0 Å². The van der Waals surface area contributed by atoms with Gasteiger partial charge < -0.3 is 5.32 Å². The molecule has 0 bridgehead atoms. The zero-order valence-corrected chi connectivity index (χ0v) is 16.6. The average molecular weight is 421 g/mol. The second-order valence-corrected chi connectivity index (χ2v) is 9.71. The molecule has 1 fully saturated rings. The minimum absolute atomic E-state index is 0.182. The first-order valence-corrected chi connectivity index (χ1v) is 11.2. The number of carbonyl (C=O) groups excluding carboxylic acids is 1. The Morgan fingerprint density at radius 2 is 1.81 bits per heavy atom. The van der Waals surface area contributed by atoms with E-state index in [1.54, 1.807) is 12.1 Å². The van der Waals surface area contributed by atoms with Crippen molar-refractivity contribution in [3.8, 4) is 0 Å². The first-order valence-electron chi connectivity index (χ1n) is 8.52. The normalized spacial score (nSPS) is 14.4. The van der Waals surface area contributed by atoms with Gasteiger partial charge in [-0.1, -0.05) is 29.8 Å². The summed E-state index contributed by atoms with van der Waals surface area (Å²) in [4.78, 5) is 13.2. The van der Waals surface area contributed by atoms with Crippen molar-refractivity contribution in [3.05, 3.63) is 58.4 Å². The summed E-state index contributed by atoms with van der Waals surface area (Å²) in [6.45, 7) is 0.477. The summed E-state index contributed by atoms with van der Waals surface area (Å²) in [7, 11) is -3.52. The Bertz CT molecular complexity index is 1100. The molecule has 27 heavy (non-hydrogen) atoms. The molecule has 3 aromatic rings. The monoisotopic (exact) mass is 420 g/mol. The van der Waals surface area contributed by atoms with E-state index in [-0.39, 0.29) is 10.8 Å². The summed E-state index contributed by atoms with van der Waals surface area (Å²) in [6, 6.07) is 13.7. The average Bonchev–Trinajstić information content (AvgIpc) is 3.44. The van der Waals surface area contributed by atoms with Gasteiger partial charge in [-0.2, -0.15) is 0 Å². The zero-order chi connectivity index (χ0) is 19.0. The molecule has 2 aromatic carbocycles. The molecular weight excluding hydrogens is 404 g/mol. The first kappa shape index (κ1) is 18.4. The van der Waals surface area contributed by atoms with Crippen LogP contribution in [0.15, 0.2) is 53.4 Å². The van der Waals surface area contributed by atoms with Crippen LogP contribution in [-0.4, -0.2) is 20.9 Å². The van der Waals surface area contributed by atoms with Crippen LogP contribution in [0.2, 0.25) is 5.02 Å². The topological polar surface area (TPSA) is 75.3 Å². The molecule has 0 unspecified atom stereocenters. The third kappa shape index (κ3) is 4.01. The fourth-order valence-electron chi connectivity index (χ4n) is 2.70. The van der Waals surface area contributed by atoms with Gasteiger partial charge in [0.15, 0.2) is 0 Å². The molecule has 8 heteroatoms. The minimum atomic E-state index is -3.52. The maximum absolute atomic E-state index is 12.6. The Balaban J connectivity index is 1.49. The standard InChI is InChI=1S/C19H17ClN2O3S2/c20-17-15-3-1-2-4-16(15)26-18(17)19(23)22-13-7-9-14(10-8-13)27(24,25)21-11-12-5-6-12/h1-4,7-10,12,21H,5-6,11H2,(H,22,23). The van der Waals surface area contributed by atoms with E-state index in [0.717, 1.165) is 22.9 Å². The van der Waals surface area contributed by atoms with Crippen LogP contribution in [0.4, 0.5) is 5.69 Å². The van der Waals surface area contributed by atoms with E-state index < -0.39 is 10.0 Å². The van der Waals surface area contributed by atoms with Gasteiger partial charge in [0.1, 0.15) is 4.88 Å². The van der Waals surface area contributed by atoms with Crippen molar-refractivity contribution in [2.75, 3.05) is 11.9 Å². The van der Waals surface area contributed by atoms with Crippen LogP contribution in [0.5, 0.6) is 0 Å². The van der Waals surface area contributed by atoms with Crippen LogP contribution in [-0.2, 0) is 10.0 Å². The summed E-state index contributed by atoms with van der Waals surface area (Å²) in [5.41, 5.74) is 0.509. The van der Waals surface area contributed by atoms with Crippen molar-refractivity contribution in [2.45, 2.75) is 17.7 Å². The number of benzene rings is 2. The highest BCUT2D eigenvalue weighted by Gasteiger charge is 2.24. The van der Waals surface area contributed by atoms with Crippen LogP contribution < -0.4 is 10.0 Å². The van der Waals surface area contributed by atoms with E-state index in [2.05, 4.69) is 10.0 Å². The molecule has 1 heterocycles. The molecule has 0 atom stereocenters. The summed E-state index contributed by atoms with van der Waals surface area (Å²) >= 11 is 7.65. The van der Waals surface area contributed by atoms with Crippen molar-refractivity contribution in [2.24, 2.45) is 5.92 Å². The molecule has 1 aliphatic rings. The predicted octanol–water partition coefficient (Wildman–Crippen LogP) is 4.50. The Hall–Kier alpha value is -1.93. The van der Waals surface area contributed by atoms with E-state index in [0.29, 0.717) is 28.0 Å². The maximum atomic E-state index is 12.6. The van der Waals surface area contributed by atoms with Crippen LogP contribution in [0.1, 0.15) is 22.5 Å². The number of hydrogen-bond donors (Lipinski definition) is 2. The lowest BCUT2D eigenvalue weighted by Crippen LogP contribution is -2.25. The van der Waals surface area contributed by atoms with Crippen LogP contribution >= 0.6 is 22.9 Å². The number of halogens is 1. The first-order chi connectivity index (χ1) is 12.9. The number of rotatable bonds is 6. The predicted molar refractivity (Wildman–Crippen MR) is 109 cm³/mol. The highest BCUT2D eigenvalue weighted by Crippen LogP contribution is 2.35. The number of sulfonamides is 1. The van der Waals surface area contributed by atoms with Crippen molar-refractivity contribution >= 4 is 54.6 Å². The van der Waals surface area contributed by atoms with Gasteiger partial charge in [0, 0.05) is 22.3 Å². The third-order valence-electron chi connectivity index (χ3n) is 4.42.